The van der Waals surface area contributed by atoms with Gasteiger partial charge in [-0.15, -0.1) is 0 Å². The van der Waals surface area contributed by atoms with Gasteiger partial charge >= 0.3 is 0 Å². The van der Waals surface area contributed by atoms with Gasteiger partial charge in [-0.25, -0.2) is 0 Å². The van der Waals surface area contributed by atoms with Gasteiger partial charge in [-0.3, -0.25) is 9.59 Å². The maximum atomic E-state index is 12.2. The van der Waals surface area contributed by atoms with E-state index in [1.165, 1.54) is 0 Å². The fourth-order valence-corrected chi connectivity index (χ4v) is 2.29. The van der Waals surface area contributed by atoms with Crippen LogP contribution in [0.5, 0.6) is 0 Å². The number of hydrogen-bond acceptors (Lipinski definition) is 4. The van der Waals surface area contributed by atoms with E-state index in [0.717, 1.165) is 12.1 Å². The van der Waals surface area contributed by atoms with Gasteiger partial charge in [-0.05, 0) is 30.5 Å². The molecular formula is C17H20ClN3O3. The highest BCUT2D eigenvalue weighted by atomic mass is 35.5. The Kier molecular flexibility index (Phi) is 5.98. The highest BCUT2D eigenvalue weighted by Crippen LogP contribution is 2.26. The molecule has 0 saturated heterocycles. The van der Waals surface area contributed by atoms with Gasteiger partial charge in [0, 0.05) is 18.2 Å². The summed E-state index contributed by atoms with van der Waals surface area (Å²) in [7, 11) is 0. The summed E-state index contributed by atoms with van der Waals surface area (Å²) in [5.41, 5.74) is 1.74. The van der Waals surface area contributed by atoms with E-state index in [9.17, 15) is 9.59 Å². The Morgan fingerprint density at radius 3 is 2.62 bits per heavy atom. The van der Waals surface area contributed by atoms with Gasteiger partial charge in [0.2, 0.25) is 11.7 Å². The molecule has 0 aliphatic carbocycles. The highest BCUT2D eigenvalue weighted by molar-refractivity contribution is 6.34. The van der Waals surface area contributed by atoms with Crippen LogP contribution in [0.15, 0.2) is 28.8 Å². The third-order valence-corrected chi connectivity index (χ3v) is 3.53. The summed E-state index contributed by atoms with van der Waals surface area (Å²) in [5.74, 6) is 0.0350. The molecule has 2 rings (SSSR count). The Balaban J connectivity index is 2.05. The first kappa shape index (κ1) is 18.0. The predicted octanol–water partition coefficient (Wildman–Crippen LogP) is 4.13. The van der Waals surface area contributed by atoms with Gasteiger partial charge in [0.25, 0.3) is 5.91 Å². The monoisotopic (exact) mass is 349 g/mol. The lowest BCUT2D eigenvalue weighted by molar-refractivity contribution is -0.115. The second kappa shape index (κ2) is 7.97. The first-order chi connectivity index (χ1) is 11.4. The van der Waals surface area contributed by atoms with Crippen LogP contribution in [0, 0.1) is 5.92 Å². The average Bonchev–Trinajstić information content (AvgIpc) is 2.97. The Labute approximate surface area is 145 Å². The van der Waals surface area contributed by atoms with Crippen molar-refractivity contribution in [3.8, 4) is 0 Å². The lowest BCUT2D eigenvalue weighted by Crippen LogP contribution is -2.12. The number of anilines is 2. The van der Waals surface area contributed by atoms with Crippen molar-refractivity contribution >= 4 is 34.8 Å². The zero-order chi connectivity index (χ0) is 17.7. The van der Waals surface area contributed by atoms with Crippen molar-refractivity contribution in [2.45, 2.75) is 33.6 Å². The number of nitrogens with one attached hydrogen (secondary N) is 2. The van der Waals surface area contributed by atoms with Crippen LogP contribution in [0.1, 0.15) is 43.4 Å². The zero-order valence-electron chi connectivity index (χ0n) is 13.9. The van der Waals surface area contributed by atoms with Crippen molar-refractivity contribution in [3.05, 3.63) is 40.7 Å². The van der Waals surface area contributed by atoms with Gasteiger partial charge in [0.1, 0.15) is 0 Å². The van der Waals surface area contributed by atoms with E-state index in [2.05, 4.69) is 29.6 Å². The fourth-order valence-electron chi connectivity index (χ4n) is 2.06. The van der Waals surface area contributed by atoms with E-state index in [-0.39, 0.29) is 11.7 Å². The van der Waals surface area contributed by atoms with Gasteiger partial charge in [0.15, 0.2) is 0 Å². The molecule has 7 heteroatoms. The number of carbonyl (C=O) groups excluding carboxylic acids is 2. The minimum absolute atomic E-state index is 0.131. The summed E-state index contributed by atoms with van der Waals surface area (Å²) in [6, 6.07) is 6.49. The van der Waals surface area contributed by atoms with Crippen LogP contribution in [0.3, 0.4) is 0 Å². The molecule has 128 valence electrons. The molecule has 0 radical (unpaired) electrons. The van der Waals surface area contributed by atoms with E-state index in [1.807, 2.05) is 0 Å². The molecule has 1 aromatic heterocycles. The van der Waals surface area contributed by atoms with Crippen LogP contribution >= 0.6 is 11.6 Å². The maximum Gasteiger partial charge on any atom is 0.294 e. The predicted molar refractivity (Wildman–Crippen MR) is 93.4 cm³/mol. The number of amides is 2. The van der Waals surface area contributed by atoms with Crippen LogP contribution in [0.2, 0.25) is 5.02 Å². The van der Waals surface area contributed by atoms with E-state index in [0.29, 0.717) is 28.7 Å². The third kappa shape index (κ3) is 4.83. The van der Waals surface area contributed by atoms with Crippen LogP contribution < -0.4 is 10.6 Å². The normalized spacial score (nSPS) is 10.7. The van der Waals surface area contributed by atoms with E-state index in [4.69, 9.17) is 16.1 Å². The molecule has 0 aliphatic heterocycles. The van der Waals surface area contributed by atoms with Crippen molar-refractivity contribution in [3.63, 3.8) is 0 Å². The number of carbonyl (C=O) groups is 2. The minimum Gasteiger partial charge on any atom is -0.351 e. The third-order valence-electron chi connectivity index (χ3n) is 3.22. The Morgan fingerprint density at radius 2 is 2.00 bits per heavy atom. The molecular weight excluding hydrogens is 330 g/mol. The van der Waals surface area contributed by atoms with Crippen molar-refractivity contribution in [1.82, 2.24) is 5.16 Å². The van der Waals surface area contributed by atoms with Crippen molar-refractivity contribution in [2.75, 3.05) is 10.6 Å². The SMILES string of the molecule is CCC(=O)Nc1ccc(NC(=O)c2cc(CC(C)C)no2)cc1Cl. The smallest absolute Gasteiger partial charge is 0.294 e. The summed E-state index contributed by atoms with van der Waals surface area (Å²) >= 11 is 6.12. The van der Waals surface area contributed by atoms with Crippen molar-refractivity contribution < 1.29 is 14.1 Å². The molecule has 0 unspecified atom stereocenters. The summed E-state index contributed by atoms with van der Waals surface area (Å²) in [6.45, 7) is 5.88. The maximum absolute atomic E-state index is 12.2. The molecule has 0 spiro atoms. The number of benzene rings is 1. The lowest BCUT2D eigenvalue weighted by Gasteiger charge is -2.08. The molecule has 0 atom stereocenters. The second-order valence-corrected chi connectivity index (χ2v) is 6.24. The molecule has 0 aliphatic rings. The van der Waals surface area contributed by atoms with Gasteiger partial charge in [-0.2, -0.15) is 0 Å². The van der Waals surface area contributed by atoms with E-state index in [1.54, 1.807) is 31.2 Å². The average molecular weight is 350 g/mol. The topological polar surface area (TPSA) is 84.2 Å². The Morgan fingerprint density at radius 1 is 1.25 bits per heavy atom. The molecule has 0 saturated carbocycles. The summed E-state index contributed by atoms with van der Waals surface area (Å²) in [6.07, 6.45) is 1.10. The summed E-state index contributed by atoms with van der Waals surface area (Å²) in [5, 5.41) is 9.60. The standard InChI is InChI=1S/C17H20ClN3O3/c1-4-16(22)20-14-6-5-11(8-13(14)18)19-17(23)15-9-12(21-24-15)7-10(2)3/h5-6,8-10H,4,7H2,1-3H3,(H,19,23)(H,20,22). The molecule has 1 aromatic carbocycles. The van der Waals surface area contributed by atoms with Crippen LogP contribution in [-0.2, 0) is 11.2 Å². The van der Waals surface area contributed by atoms with Gasteiger partial charge in [0.05, 0.1) is 16.4 Å². The van der Waals surface area contributed by atoms with Crippen molar-refractivity contribution in [2.24, 2.45) is 5.92 Å². The van der Waals surface area contributed by atoms with Crippen LogP contribution in [-0.4, -0.2) is 17.0 Å². The number of nitrogens with zero attached hydrogens (tertiary/aromatic N) is 1. The number of halogens is 1. The quantitative estimate of drug-likeness (QED) is 0.821. The lowest BCUT2D eigenvalue weighted by atomic mass is 10.1. The summed E-state index contributed by atoms with van der Waals surface area (Å²) < 4.78 is 5.07. The van der Waals surface area contributed by atoms with Gasteiger partial charge < -0.3 is 15.2 Å². The Bertz CT molecular complexity index is 740. The fraction of sp³-hybridized carbons (Fsp3) is 0.353. The number of hydrogen-bond donors (Lipinski definition) is 2. The molecule has 6 nitrogen and oxygen atoms in total. The molecule has 2 amide bonds. The first-order valence-electron chi connectivity index (χ1n) is 7.75. The van der Waals surface area contributed by atoms with Crippen LogP contribution in [0.25, 0.3) is 0 Å². The number of rotatable bonds is 6. The van der Waals surface area contributed by atoms with Crippen LogP contribution in [0.4, 0.5) is 11.4 Å². The van der Waals surface area contributed by atoms with Gasteiger partial charge in [-0.1, -0.05) is 37.5 Å². The molecule has 2 aromatic rings. The van der Waals surface area contributed by atoms with E-state index >= 15 is 0 Å². The molecule has 0 fully saturated rings. The zero-order valence-corrected chi connectivity index (χ0v) is 14.6. The molecule has 0 bridgehead atoms. The molecule has 1 heterocycles. The number of aromatic nitrogens is 1. The first-order valence-corrected chi connectivity index (χ1v) is 8.13. The minimum atomic E-state index is -0.404. The second-order valence-electron chi connectivity index (χ2n) is 5.83. The summed E-state index contributed by atoms with van der Waals surface area (Å²) in [4.78, 5) is 23.6. The van der Waals surface area contributed by atoms with E-state index < -0.39 is 5.91 Å². The highest BCUT2D eigenvalue weighted by Gasteiger charge is 2.15. The molecule has 24 heavy (non-hydrogen) atoms. The largest absolute Gasteiger partial charge is 0.351 e. The Hall–Kier alpha value is -2.34. The molecule has 2 N–H and O–H groups in total. The van der Waals surface area contributed by atoms with Crippen molar-refractivity contribution in [1.29, 1.82) is 0 Å².